The number of carbonyl (C=O) groups excluding carboxylic acids is 1. The predicted molar refractivity (Wildman–Crippen MR) is 46.0 cm³/mol. The van der Waals surface area contributed by atoms with Crippen molar-refractivity contribution in [3.63, 3.8) is 0 Å². The van der Waals surface area contributed by atoms with Gasteiger partial charge in [0.1, 0.15) is 5.69 Å². The van der Waals surface area contributed by atoms with E-state index in [2.05, 4.69) is 9.72 Å². The van der Waals surface area contributed by atoms with Gasteiger partial charge in [-0.3, -0.25) is 4.79 Å². The molecule has 1 aromatic heterocycles. The summed E-state index contributed by atoms with van der Waals surface area (Å²) in [4.78, 5) is 13.7. The lowest BCUT2D eigenvalue weighted by Gasteiger charge is -2.12. The first-order chi connectivity index (χ1) is 7.74. The monoisotopic (exact) mass is 255 g/mol. The Bertz CT molecular complexity index is 430. The maximum Gasteiger partial charge on any atom is 0.574 e. The molecule has 0 N–H and O–H groups in total. The fourth-order valence-electron chi connectivity index (χ4n) is 1.14. The van der Waals surface area contributed by atoms with E-state index in [1.165, 1.54) is 0 Å². The van der Waals surface area contributed by atoms with Gasteiger partial charge in [0.05, 0.1) is 0 Å². The van der Waals surface area contributed by atoms with Crippen molar-refractivity contribution >= 4 is 6.29 Å². The molecule has 0 aliphatic carbocycles. The molecular weight excluding hydrogens is 249 g/mol. The number of hydrogen-bond donors (Lipinski definition) is 0. The van der Waals surface area contributed by atoms with Gasteiger partial charge in [-0.2, -0.15) is 0 Å². The fourth-order valence-corrected chi connectivity index (χ4v) is 1.14. The molecule has 0 bridgehead atoms. The van der Waals surface area contributed by atoms with Gasteiger partial charge >= 0.3 is 6.36 Å². The molecule has 0 aromatic carbocycles. The number of carbonyl (C=O) groups is 1. The molecule has 17 heavy (non-hydrogen) atoms. The normalized spacial score (nSPS) is 11.7. The van der Waals surface area contributed by atoms with Crippen molar-refractivity contribution in [2.75, 3.05) is 0 Å². The van der Waals surface area contributed by atoms with Crippen molar-refractivity contribution < 1.29 is 31.5 Å². The summed E-state index contributed by atoms with van der Waals surface area (Å²) in [6, 6.07) is 0.459. The number of alkyl halides is 5. The van der Waals surface area contributed by atoms with E-state index in [4.69, 9.17) is 0 Å². The first-order valence-corrected chi connectivity index (χ1v) is 4.25. The number of aromatic nitrogens is 1. The third-order valence-corrected chi connectivity index (χ3v) is 1.89. The van der Waals surface area contributed by atoms with Gasteiger partial charge in [-0.05, 0) is 12.5 Å². The molecule has 0 fully saturated rings. The lowest BCUT2D eigenvalue weighted by atomic mass is 10.1. The van der Waals surface area contributed by atoms with Crippen LogP contribution in [0.2, 0.25) is 0 Å². The van der Waals surface area contributed by atoms with Crippen LogP contribution in [-0.4, -0.2) is 17.6 Å². The van der Waals surface area contributed by atoms with Gasteiger partial charge in [0.2, 0.25) is 5.88 Å². The molecule has 0 saturated carbocycles. The summed E-state index contributed by atoms with van der Waals surface area (Å²) in [5.74, 6) is -1.08. The maximum absolute atomic E-state index is 12.5. The van der Waals surface area contributed by atoms with Crippen LogP contribution < -0.4 is 4.74 Å². The third-order valence-electron chi connectivity index (χ3n) is 1.89. The zero-order valence-corrected chi connectivity index (χ0v) is 8.39. The van der Waals surface area contributed by atoms with Gasteiger partial charge in [-0.1, -0.05) is 0 Å². The number of rotatable bonds is 3. The van der Waals surface area contributed by atoms with Crippen molar-refractivity contribution in [1.82, 2.24) is 4.98 Å². The molecule has 0 atom stereocenters. The van der Waals surface area contributed by atoms with Gasteiger partial charge in [-0.15, -0.1) is 13.2 Å². The van der Waals surface area contributed by atoms with Crippen LogP contribution in [0.3, 0.4) is 0 Å². The molecule has 3 nitrogen and oxygen atoms in total. The summed E-state index contributed by atoms with van der Waals surface area (Å²) >= 11 is 0. The van der Waals surface area contributed by atoms with Crippen LogP contribution in [-0.2, 0) is 0 Å². The zero-order valence-electron chi connectivity index (χ0n) is 8.39. The maximum atomic E-state index is 12.5. The number of hydrogen-bond acceptors (Lipinski definition) is 3. The van der Waals surface area contributed by atoms with Crippen LogP contribution in [0.25, 0.3) is 0 Å². The van der Waals surface area contributed by atoms with Crippen molar-refractivity contribution in [1.29, 1.82) is 0 Å². The van der Waals surface area contributed by atoms with E-state index >= 15 is 0 Å². The van der Waals surface area contributed by atoms with E-state index < -0.39 is 29.9 Å². The second-order valence-corrected chi connectivity index (χ2v) is 3.03. The second-order valence-electron chi connectivity index (χ2n) is 3.03. The van der Waals surface area contributed by atoms with Crippen LogP contribution in [0, 0.1) is 6.92 Å². The van der Waals surface area contributed by atoms with Crippen molar-refractivity contribution in [3.8, 4) is 5.88 Å². The third kappa shape index (κ3) is 3.36. The summed E-state index contributed by atoms with van der Waals surface area (Å²) in [5, 5.41) is 0. The molecule has 0 saturated heterocycles. The Kier molecular flexibility index (Phi) is 3.64. The Morgan fingerprint density at radius 1 is 1.41 bits per heavy atom. The van der Waals surface area contributed by atoms with E-state index in [0.717, 1.165) is 6.92 Å². The minimum atomic E-state index is -5.05. The smallest absolute Gasteiger partial charge is 0.388 e. The molecule has 0 amide bonds. The summed E-state index contributed by atoms with van der Waals surface area (Å²) in [5.41, 5.74) is -1.41. The Balaban J connectivity index is 3.25. The molecule has 0 aliphatic rings. The van der Waals surface area contributed by atoms with Crippen molar-refractivity contribution in [2.45, 2.75) is 19.7 Å². The number of ether oxygens (including phenoxy) is 1. The van der Waals surface area contributed by atoms with Crippen LogP contribution in [0.15, 0.2) is 6.07 Å². The highest BCUT2D eigenvalue weighted by molar-refractivity contribution is 5.75. The average molecular weight is 255 g/mol. The predicted octanol–water partition coefficient (Wildman–Crippen LogP) is 3.04. The Morgan fingerprint density at radius 2 is 2.00 bits per heavy atom. The number of pyridine rings is 1. The summed E-state index contributed by atoms with van der Waals surface area (Å²) in [7, 11) is 0. The highest BCUT2D eigenvalue weighted by Gasteiger charge is 2.32. The van der Waals surface area contributed by atoms with Gasteiger partial charge < -0.3 is 4.74 Å². The molecule has 94 valence electrons. The number of nitrogens with zero attached hydrogens (tertiary/aromatic N) is 1. The molecule has 1 aromatic rings. The second kappa shape index (κ2) is 4.64. The largest absolute Gasteiger partial charge is 0.574 e. The standard InChI is InChI=1S/C9H6F5NO2/c1-4-5(8(10)11)2-7(15-6(4)3-16)17-9(12,13)14/h2-3,8H,1H3. The highest BCUT2D eigenvalue weighted by atomic mass is 19.4. The van der Waals surface area contributed by atoms with Crippen LogP contribution >= 0.6 is 0 Å². The zero-order chi connectivity index (χ0) is 13.2. The summed E-state index contributed by atoms with van der Waals surface area (Å²) in [6.45, 7) is 1.16. The first kappa shape index (κ1) is 13.3. The van der Waals surface area contributed by atoms with E-state index in [-0.39, 0.29) is 11.8 Å². The fraction of sp³-hybridized carbons (Fsp3) is 0.333. The molecule has 0 unspecified atom stereocenters. The van der Waals surface area contributed by atoms with Gasteiger partial charge in [0, 0.05) is 11.6 Å². The SMILES string of the molecule is Cc1c(C(F)F)cc(OC(F)(F)F)nc1C=O. The Labute approximate surface area is 92.2 Å². The van der Waals surface area contributed by atoms with Gasteiger partial charge in [0.25, 0.3) is 6.43 Å². The van der Waals surface area contributed by atoms with Crippen LogP contribution in [0.1, 0.15) is 28.0 Å². The topological polar surface area (TPSA) is 39.2 Å². The van der Waals surface area contributed by atoms with E-state index in [1.807, 2.05) is 0 Å². The molecule has 1 rings (SSSR count). The minimum Gasteiger partial charge on any atom is -0.388 e. The molecule has 8 heteroatoms. The van der Waals surface area contributed by atoms with Gasteiger partial charge in [-0.25, -0.2) is 13.8 Å². The minimum absolute atomic E-state index is 0.0877. The van der Waals surface area contributed by atoms with E-state index in [9.17, 15) is 26.7 Å². The molecule has 1 heterocycles. The molecule has 0 aliphatic heterocycles. The summed E-state index contributed by atoms with van der Waals surface area (Å²) in [6.07, 6.45) is -7.99. The van der Waals surface area contributed by atoms with E-state index in [0.29, 0.717) is 6.07 Å². The number of halogens is 5. The first-order valence-electron chi connectivity index (χ1n) is 4.25. The molecule has 0 spiro atoms. The van der Waals surface area contributed by atoms with Crippen molar-refractivity contribution in [2.24, 2.45) is 0 Å². The van der Waals surface area contributed by atoms with E-state index in [1.54, 1.807) is 0 Å². The van der Waals surface area contributed by atoms with Crippen molar-refractivity contribution in [3.05, 3.63) is 22.9 Å². The highest BCUT2D eigenvalue weighted by Crippen LogP contribution is 2.29. The Morgan fingerprint density at radius 3 is 2.41 bits per heavy atom. The quantitative estimate of drug-likeness (QED) is 0.615. The van der Waals surface area contributed by atoms with Crippen LogP contribution in [0.5, 0.6) is 5.88 Å². The average Bonchev–Trinajstić information content (AvgIpc) is 2.17. The van der Waals surface area contributed by atoms with Crippen LogP contribution in [0.4, 0.5) is 22.0 Å². The van der Waals surface area contributed by atoms with Gasteiger partial charge in [0.15, 0.2) is 6.29 Å². The lowest BCUT2D eigenvalue weighted by Crippen LogP contribution is -2.18. The number of aldehydes is 1. The molecule has 0 radical (unpaired) electrons. The Hall–Kier alpha value is -1.73. The lowest BCUT2D eigenvalue weighted by molar-refractivity contribution is -0.276. The molecular formula is C9H6F5NO2. The summed E-state index contributed by atoms with van der Waals surface area (Å²) < 4.78 is 64.0.